The molecule has 0 aliphatic carbocycles. The van der Waals surface area contributed by atoms with Gasteiger partial charge in [-0.2, -0.15) is 0 Å². The van der Waals surface area contributed by atoms with Crippen LogP contribution in [0.15, 0.2) is 40.2 Å². The fourth-order valence-corrected chi connectivity index (χ4v) is 2.75. The van der Waals surface area contributed by atoms with E-state index in [1.165, 1.54) is 4.88 Å². The molecule has 17 heavy (non-hydrogen) atoms. The third-order valence-corrected chi connectivity index (χ3v) is 3.78. The summed E-state index contributed by atoms with van der Waals surface area (Å²) in [6, 6.07) is 10.2. The van der Waals surface area contributed by atoms with Crippen molar-refractivity contribution in [1.82, 2.24) is 0 Å². The van der Waals surface area contributed by atoms with Gasteiger partial charge in [0.25, 0.3) is 0 Å². The molecular formula is C13H14BrNOS. The maximum Gasteiger partial charge on any atom is 0.122 e. The highest BCUT2D eigenvalue weighted by Crippen LogP contribution is 2.24. The standard InChI is InChI=1S/C13H14BrNOS/c1-16-12-8-10(14)7-11(9-12)15-5-4-13-3-2-6-17-13/h2-3,6-9,15H,4-5H2,1H3. The highest BCUT2D eigenvalue weighted by atomic mass is 79.9. The fourth-order valence-electron chi connectivity index (χ4n) is 1.57. The van der Waals surface area contributed by atoms with Gasteiger partial charge in [-0.05, 0) is 30.0 Å². The van der Waals surface area contributed by atoms with Gasteiger partial charge in [0.2, 0.25) is 0 Å². The Morgan fingerprint density at radius 3 is 2.94 bits per heavy atom. The van der Waals surface area contributed by atoms with Crippen molar-refractivity contribution in [2.45, 2.75) is 6.42 Å². The number of anilines is 1. The SMILES string of the molecule is COc1cc(Br)cc(NCCc2cccs2)c1. The summed E-state index contributed by atoms with van der Waals surface area (Å²) in [5.41, 5.74) is 1.08. The Labute approximate surface area is 114 Å². The number of hydrogen-bond donors (Lipinski definition) is 1. The molecule has 0 amide bonds. The van der Waals surface area contributed by atoms with Gasteiger partial charge in [-0.3, -0.25) is 0 Å². The Morgan fingerprint density at radius 1 is 1.35 bits per heavy atom. The molecule has 0 unspecified atom stereocenters. The van der Waals surface area contributed by atoms with Crippen LogP contribution in [-0.4, -0.2) is 13.7 Å². The molecule has 90 valence electrons. The fraction of sp³-hybridized carbons (Fsp3) is 0.231. The predicted octanol–water partition coefficient (Wildman–Crippen LogP) is 4.17. The summed E-state index contributed by atoms with van der Waals surface area (Å²) in [5.74, 6) is 0.859. The van der Waals surface area contributed by atoms with E-state index in [1.807, 2.05) is 12.1 Å². The van der Waals surface area contributed by atoms with Crippen LogP contribution in [-0.2, 0) is 6.42 Å². The summed E-state index contributed by atoms with van der Waals surface area (Å²) in [6.07, 6.45) is 1.05. The zero-order valence-corrected chi connectivity index (χ0v) is 12.0. The van der Waals surface area contributed by atoms with Gasteiger partial charge in [0.1, 0.15) is 5.75 Å². The van der Waals surface area contributed by atoms with E-state index in [0.717, 1.165) is 28.9 Å². The highest BCUT2D eigenvalue weighted by molar-refractivity contribution is 9.10. The molecule has 1 aromatic carbocycles. The number of ether oxygens (including phenoxy) is 1. The molecule has 1 N–H and O–H groups in total. The number of rotatable bonds is 5. The Hall–Kier alpha value is -1.00. The van der Waals surface area contributed by atoms with Crippen molar-refractivity contribution in [2.75, 3.05) is 19.0 Å². The molecule has 1 aromatic heterocycles. The summed E-state index contributed by atoms with van der Waals surface area (Å²) < 4.78 is 6.24. The van der Waals surface area contributed by atoms with Crippen LogP contribution in [0.2, 0.25) is 0 Å². The van der Waals surface area contributed by atoms with Crippen LogP contribution in [0.4, 0.5) is 5.69 Å². The van der Waals surface area contributed by atoms with Gasteiger partial charge in [-0.1, -0.05) is 22.0 Å². The lowest BCUT2D eigenvalue weighted by atomic mass is 10.3. The normalized spacial score (nSPS) is 10.2. The number of nitrogens with one attached hydrogen (secondary N) is 1. The molecule has 0 atom stereocenters. The molecule has 0 saturated heterocycles. The second kappa shape index (κ2) is 6.07. The van der Waals surface area contributed by atoms with Crippen molar-refractivity contribution >= 4 is 33.0 Å². The number of benzene rings is 1. The summed E-state index contributed by atoms with van der Waals surface area (Å²) >= 11 is 5.26. The quantitative estimate of drug-likeness (QED) is 0.894. The van der Waals surface area contributed by atoms with Gasteiger partial charge >= 0.3 is 0 Å². The molecule has 0 radical (unpaired) electrons. The van der Waals surface area contributed by atoms with Crippen molar-refractivity contribution in [3.63, 3.8) is 0 Å². The highest BCUT2D eigenvalue weighted by Gasteiger charge is 1.99. The smallest absolute Gasteiger partial charge is 0.122 e. The first-order chi connectivity index (χ1) is 8.28. The van der Waals surface area contributed by atoms with E-state index in [4.69, 9.17) is 4.74 Å². The van der Waals surface area contributed by atoms with Crippen LogP contribution < -0.4 is 10.1 Å². The number of halogens is 1. The maximum atomic E-state index is 5.22. The van der Waals surface area contributed by atoms with Crippen LogP contribution in [0, 0.1) is 0 Å². The Kier molecular flexibility index (Phi) is 4.45. The molecule has 0 fully saturated rings. The molecule has 0 aliphatic rings. The van der Waals surface area contributed by atoms with E-state index in [9.17, 15) is 0 Å². The van der Waals surface area contributed by atoms with Gasteiger partial charge in [0, 0.05) is 27.6 Å². The molecule has 0 saturated carbocycles. The Morgan fingerprint density at radius 2 is 2.24 bits per heavy atom. The van der Waals surface area contributed by atoms with Crippen LogP contribution in [0.5, 0.6) is 5.75 Å². The number of hydrogen-bond acceptors (Lipinski definition) is 3. The average Bonchev–Trinajstić information content (AvgIpc) is 2.81. The van der Waals surface area contributed by atoms with E-state index in [2.05, 4.69) is 44.8 Å². The van der Waals surface area contributed by atoms with Crippen molar-refractivity contribution < 1.29 is 4.74 Å². The van der Waals surface area contributed by atoms with Crippen LogP contribution in [0.25, 0.3) is 0 Å². The first kappa shape index (κ1) is 12.5. The van der Waals surface area contributed by atoms with Gasteiger partial charge < -0.3 is 10.1 Å². The summed E-state index contributed by atoms with van der Waals surface area (Å²) in [4.78, 5) is 1.40. The minimum Gasteiger partial charge on any atom is -0.497 e. The number of thiophene rings is 1. The second-order valence-electron chi connectivity index (χ2n) is 3.64. The summed E-state index contributed by atoms with van der Waals surface area (Å²) in [5, 5.41) is 5.50. The topological polar surface area (TPSA) is 21.3 Å². The van der Waals surface area contributed by atoms with Crippen molar-refractivity contribution in [3.8, 4) is 5.75 Å². The third-order valence-electron chi connectivity index (χ3n) is 2.39. The van der Waals surface area contributed by atoms with Crippen molar-refractivity contribution in [3.05, 3.63) is 45.1 Å². The molecule has 0 aliphatic heterocycles. The van der Waals surface area contributed by atoms with E-state index in [0.29, 0.717) is 0 Å². The third kappa shape index (κ3) is 3.75. The zero-order valence-electron chi connectivity index (χ0n) is 9.57. The first-order valence-electron chi connectivity index (χ1n) is 5.39. The monoisotopic (exact) mass is 311 g/mol. The summed E-state index contributed by atoms with van der Waals surface area (Å²) in [7, 11) is 1.68. The molecule has 4 heteroatoms. The van der Waals surface area contributed by atoms with Gasteiger partial charge in [-0.25, -0.2) is 0 Å². The zero-order chi connectivity index (χ0) is 12.1. The average molecular weight is 312 g/mol. The lowest BCUT2D eigenvalue weighted by Crippen LogP contribution is -2.03. The molecule has 2 rings (SSSR count). The second-order valence-corrected chi connectivity index (χ2v) is 5.58. The van der Waals surface area contributed by atoms with E-state index >= 15 is 0 Å². The predicted molar refractivity (Wildman–Crippen MR) is 77.2 cm³/mol. The molecule has 2 nitrogen and oxygen atoms in total. The molecule has 1 heterocycles. The lowest BCUT2D eigenvalue weighted by molar-refractivity contribution is 0.414. The lowest BCUT2D eigenvalue weighted by Gasteiger charge is -2.08. The van der Waals surface area contributed by atoms with Gasteiger partial charge in [0.15, 0.2) is 0 Å². The maximum absolute atomic E-state index is 5.22. The molecule has 0 spiro atoms. The van der Waals surface area contributed by atoms with Gasteiger partial charge in [-0.15, -0.1) is 11.3 Å². The Balaban J connectivity index is 1.92. The van der Waals surface area contributed by atoms with Crippen LogP contribution in [0.3, 0.4) is 0 Å². The summed E-state index contributed by atoms with van der Waals surface area (Å²) in [6.45, 7) is 0.931. The van der Waals surface area contributed by atoms with Crippen LogP contribution in [0.1, 0.15) is 4.88 Å². The van der Waals surface area contributed by atoms with Crippen LogP contribution >= 0.6 is 27.3 Å². The van der Waals surface area contributed by atoms with Crippen molar-refractivity contribution in [2.24, 2.45) is 0 Å². The van der Waals surface area contributed by atoms with Crippen molar-refractivity contribution in [1.29, 1.82) is 0 Å². The molecule has 0 bridgehead atoms. The van der Waals surface area contributed by atoms with E-state index < -0.39 is 0 Å². The van der Waals surface area contributed by atoms with Gasteiger partial charge in [0.05, 0.1) is 7.11 Å². The largest absolute Gasteiger partial charge is 0.497 e. The molecular weight excluding hydrogens is 298 g/mol. The number of methoxy groups -OCH3 is 1. The minimum atomic E-state index is 0.859. The Bertz CT molecular complexity index is 470. The first-order valence-corrected chi connectivity index (χ1v) is 7.06. The molecule has 2 aromatic rings. The van der Waals surface area contributed by atoms with E-state index in [-0.39, 0.29) is 0 Å². The minimum absolute atomic E-state index is 0.859. The van der Waals surface area contributed by atoms with E-state index in [1.54, 1.807) is 18.4 Å².